The molecule has 0 aliphatic carbocycles. The standard InChI is InChI=1S/C20H18N2O4/c23-20-16(12-14-6-7-17-18(13-14)26-11-10-25-17)21-19(22-20)8-9-24-15-4-2-1-3-5-15/h1-7,12-13H,8-11H2,(H,21,22,23)/b16-12+. The van der Waals surface area contributed by atoms with Crippen molar-refractivity contribution in [3.63, 3.8) is 0 Å². The zero-order valence-electron chi connectivity index (χ0n) is 14.1. The van der Waals surface area contributed by atoms with Gasteiger partial charge in [-0.2, -0.15) is 0 Å². The second kappa shape index (κ2) is 7.31. The van der Waals surface area contributed by atoms with Gasteiger partial charge in [-0.25, -0.2) is 4.99 Å². The number of rotatable bonds is 5. The predicted molar refractivity (Wildman–Crippen MR) is 97.5 cm³/mol. The largest absolute Gasteiger partial charge is 0.493 e. The molecule has 2 aliphatic rings. The van der Waals surface area contributed by atoms with Crippen molar-refractivity contribution in [2.45, 2.75) is 6.42 Å². The van der Waals surface area contributed by atoms with Crippen LogP contribution in [0.4, 0.5) is 0 Å². The second-order valence-corrected chi connectivity index (χ2v) is 5.86. The van der Waals surface area contributed by atoms with Crippen molar-refractivity contribution in [3.8, 4) is 17.2 Å². The average Bonchev–Trinajstić information content (AvgIpc) is 3.02. The van der Waals surface area contributed by atoms with Gasteiger partial charge in [-0.15, -0.1) is 0 Å². The molecule has 0 bridgehead atoms. The van der Waals surface area contributed by atoms with Crippen LogP contribution in [0.2, 0.25) is 0 Å². The lowest BCUT2D eigenvalue weighted by Crippen LogP contribution is -2.25. The highest BCUT2D eigenvalue weighted by Crippen LogP contribution is 2.31. The van der Waals surface area contributed by atoms with Crippen LogP contribution in [0.25, 0.3) is 6.08 Å². The minimum Gasteiger partial charge on any atom is -0.493 e. The Morgan fingerprint density at radius 2 is 1.88 bits per heavy atom. The quantitative estimate of drug-likeness (QED) is 0.842. The van der Waals surface area contributed by atoms with Gasteiger partial charge in [-0.05, 0) is 35.9 Å². The SMILES string of the molecule is O=C1NC(CCOc2ccccc2)=N/C1=C/c1ccc2c(c1)OCCO2. The molecule has 2 aliphatic heterocycles. The van der Waals surface area contributed by atoms with E-state index in [-0.39, 0.29) is 5.91 Å². The van der Waals surface area contributed by atoms with Crippen molar-refractivity contribution >= 4 is 17.8 Å². The Labute approximate surface area is 151 Å². The lowest BCUT2D eigenvalue weighted by molar-refractivity contribution is -0.115. The highest BCUT2D eigenvalue weighted by molar-refractivity contribution is 6.14. The average molecular weight is 350 g/mol. The third-order valence-corrected chi connectivity index (χ3v) is 3.97. The fraction of sp³-hybridized carbons (Fsp3) is 0.200. The number of para-hydroxylation sites is 1. The van der Waals surface area contributed by atoms with Crippen molar-refractivity contribution in [2.75, 3.05) is 19.8 Å². The predicted octanol–water partition coefficient (Wildman–Crippen LogP) is 2.80. The lowest BCUT2D eigenvalue weighted by Gasteiger charge is -2.18. The van der Waals surface area contributed by atoms with Gasteiger partial charge < -0.3 is 19.5 Å². The first-order valence-corrected chi connectivity index (χ1v) is 8.46. The highest BCUT2D eigenvalue weighted by atomic mass is 16.6. The third-order valence-electron chi connectivity index (χ3n) is 3.97. The number of carbonyl (C=O) groups excluding carboxylic acids is 1. The summed E-state index contributed by atoms with van der Waals surface area (Å²) in [6, 6.07) is 15.1. The summed E-state index contributed by atoms with van der Waals surface area (Å²) in [5.41, 5.74) is 1.21. The van der Waals surface area contributed by atoms with Gasteiger partial charge in [0.05, 0.1) is 6.61 Å². The first-order chi connectivity index (χ1) is 12.8. The second-order valence-electron chi connectivity index (χ2n) is 5.86. The zero-order valence-corrected chi connectivity index (χ0v) is 14.1. The number of hydrogen-bond acceptors (Lipinski definition) is 5. The van der Waals surface area contributed by atoms with E-state index < -0.39 is 0 Å². The van der Waals surface area contributed by atoms with E-state index in [2.05, 4.69) is 10.3 Å². The number of hydrogen-bond donors (Lipinski definition) is 1. The molecule has 0 aromatic heterocycles. The Balaban J connectivity index is 1.42. The number of carbonyl (C=O) groups is 1. The summed E-state index contributed by atoms with van der Waals surface area (Å²) in [6.07, 6.45) is 2.26. The molecule has 0 saturated carbocycles. The van der Waals surface area contributed by atoms with E-state index in [1.165, 1.54) is 0 Å². The maximum absolute atomic E-state index is 12.1. The maximum Gasteiger partial charge on any atom is 0.275 e. The van der Waals surface area contributed by atoms with Gasteiger partial charge >= 0.3 is 0 Å². The number of nitrogens with zero attached hydrogens (tertiary/aromatic N) is 1. The van der Waals surface area contributed by atoms with E-state index in [0.29, 0.717) is 43.5 Å². The highest BCUT2D eigenvalue weighted by Gasteiger charge is 2.20. The number of nitrogens with one attached hydrogen (secondary N) is 1. The van der Waals surface area contributed by atoms with Gasteiger partial charge in [0.1, 0.15) is 30.5 Å². The summed E-state index contributed by atoms with van der Waals surface area (Å²) in [4.78, 5) is 16.5. The molecule has 132 valence electrons. The van der Waals surface area contributed by atoms with E-state index in [9.17, 15) is 4.79 Å². The van der Waals surface area contributed by atoms with Crippen molar-refractivity contribution in [1.29, 1.82) is 0 Å². The van der Waals surface area contributed by atoms with Gasteiger partial charge in [-0.1, -0.05) is 24.3 Å². The lowest BCUT2D eigenvalue weighted by atomic mass is 10.1. The Morgan fingerprint density at radius 1 is 1.08 bits per heavy atom. The maximum atomic E-state index is 12.1. The van der Waals surface area contributed by atoms with E-state index in [0.717, 1.165) is 17.1 Å². The number of amidine groups is 1. The van der Waals surface area contributed by atoms with Gasteiger partial charge in [0.25, 0.3) is 5.91 Å². The molecule has 0 atom stereocenters. The monoisotopic (exact) mass is 350 g/mol. The Morgan fingerprint density at radius 3 is 2.73 bits per heavy atom. The number of aliphatic imine (C=N–C) groups is 1. The fourth-order valence-electron chi connectivity index (χ4n) is 2.73. The topological polar surface area (TPSA) is 69.2 Å². The van der Waals surface area contributed by atoms with Crippen LogP contribution in [0.15, 0.2) is 59.2 Å². The zero-order chi connectivity index (χ0) is 17.8. The molecule has 0 unspecified atom stereocenters. The summed E-state index contributed by atoms with van der Waals surface area (Å²) < 4.78 is 16.7. The molecule has 0 radical (unpaired) electrons. The third kappa shape index (κ3) is 3.69. The van der Waals surface area contributed by atoms with Crippen molar-refractivity contribution in [3.05, 3.63) is 59.8 Å². The van der Waals surface area contributed by atoms with E-state index in [1.54, 1.807) is 6.08 Å². The summed E-state index contributed by atoms with van der Waals surface area (Å²) in [7, 11) is 0. The first-order valence-electron chi connectivity index (χ1n) is 8.46. The van der Waals surface area contributed by atoms with Crippen LogP contribution in [0, 0.1) is 0 Å². The number of ether oxygens (including phenoxy) is 3. The molecule has 2 aromatic carbocycles. The van der Waals surface area contributed by atoms with E-state index in [4.69, 9.17) is 14.2 Å². The molecule has 26 heavy (non-hydrogen) atoms. The van der Waals surface area contributed by atoms with Gasteiger partial charge in [0.15, 0.2) is 11.5 Å². The Kier molecular flexibility index (Phi) is 4.55. The van der Waals surface area contributed by atoms with Crippen LogP contribution in [0.3, 0.4) is 0 Å². The van der Waals surface area contributed by atoms with Crippen LogP contribution >= 0.6 is 0 Å². The molecule has 4 rings (SSSR count). The molecule has 0 spiro atoms. The van der Waals surface area contributed by atoms with Crippen molar-refractivity contribution in [2.24, 2.45) is 4.99 Å². The number of benzene rings is 2. The molecular weight excluding hydrogens is 332 g/mol. The molecule has 1 N–H and O–H groups in total. The van der Waals surface area contributed by atoms with Crippen LogP contribution in [0.1, 0.15) is 12.0 Å². The molecule has 1 amide bonds. The van der Waals surface area contributed by atoms with Crippen LogP contribution in [0.5, 0.6) is 17.2 Å². The Hall–Kier alpha value is -3.28. The van der Waals surface area contributed by atoms with Crippen molar-refractivity contribution in [1.82, 2.24) is 5.32 Å². The smallest absolute Gasteiger partial charge is 0.275 e. The van der Waals surface area contributed by atoms with Gasteiger partial charge in [0.2, 0.25) is 0 Å². The van der Waals surface area contributed by atoms with Crippen LogP contribution < -0.4 is 19.5 Å². The molecule has 2 aromatic rings. The minimum absolute atomic E-state index is 0.213. The molecule has 0 saturated heterocycles. The van der Waals surface area contributed by atoms with Crippen molar-refractivity contribution < 1.29 is 19.0 Å². The fourth-order valence-corrected chi connectivity index (χ4v) is 2.73. The molecule has 6 heteroatoms. The normalized spacial score (nSPS) is 17.0. The summed E-state index contributed by atoms with van der Waals surface area (Å²) in [5, 5.41) is 2.78. The van der Waals surface area contributed by atoms with Crippen LogP contribution in [-0.2, 0) is 4.79 Å². The van der Waals surface area contributed by atoms with E-state index >= 15 is 0 Å². The summed E-state index contributed by atoms with van der Waals surface area (Å²) in [6.45, 7) is 1.52. The van der Waals surface area contributed by atoms with Crippen LogP contribution in [-0.4, -0.2) is 31.6 Å². The number of amides is 1. The molecular formula is C20H18N2O4. The van der Waals surface area contributed by atoms with Gasteiger partial charge in [0, 0.05) is 6.42 Å². The minimum atomic E-state index is -0.213. The molecule has 0 fully saturated rings. The summed E-state index contributed by atoms with van der Waals surface area (Å²) >= 11 is 0. The van der Waals surface area contributed by atoms with E-state index in [1.807, 2.05) is 48.5 Å². The first kappa shape index (κ1) is 16.2. The number of fused-ring (bicyclic) bond motifs is 1. The summed E-state index contributed by atoms with van der Waals surface area (Å²) in [5.74, 6) is 2.59. The Bertz CT molecular complexity index is 875. The molecule has 2 heterocycles. The van der Waals surface area contributed by atoms with Gasteiger partial charge in [-0.3, -0.25) is 4.79 Å². The molecule has 6 nitrogen and oxygen atoms in total.